The summed E-state index contributed by atoms with van der Waals surface area (Å²) in [4.78, 5) is 34.3. The number of para-hydroxylation sites is 1. The maximum Gasteiger partial charge on any atom is 0.271 e. The summed E-state index contributed by atoms with van der Waals surface area (Å²) >= 11 is 13.1. The number of likely N-dealkylation sites (tertiary alicyclic amines) is 2. The van der Waals surface area contributed by atoms with Gasteiger partial charge in [0, 0.05) is 52.2 Å². The maximum atomic E-state index is 14.2. The number of aromatic nitrogens is 1. The number of morpholine rings is 1. The van der Waals surface area contributed by atoms with E-state index in [4.69, 9.17) is 27.9 Å². The van der Waals surface area contributed by atoms with Crippen molar-refractivity contribution in [2.24, 2.45) is 0 Å². The minimum Gasteiger partial charge on any atom is -0.378 e. The van der Waals surface area contributed by atoms with Crippen molar-refractivity contribution < 1.29 is 14.3 Å². The fourth-order valence-corrected chi connectivity index (χ4v) is 7.64. The van der Waals surface area contributed by atoms with Crippen LogP contribution in [0.1, 0.15) is 53.2 Å². The molecule has 3 aromatic rings. The number of hydrogen-bond acceptors (Lipinski definition) is 5. The fraction of sp³-hybridized carbons (Fsp3) is 0.515. The molecule has 0 spiro atoms. The lowest BCUT2D eigenvalue weighted by Crippen LogP contribution is -2.45. The molecule has 10 heteroatoms. The Kier molecular flexibility index (Phi) is 9.60. The number of hydrogen-bond donors (Lipinski definition) is 1. The van der Waals surface area contributed by atoms with Gasteiger partial charge in [0.05, 0.1) is 13.2 Å². The molecule has 1 aromatic heterocycles. The van der Waals surface area contributed by atoms with Gasteiger partial charge in [0.1, 0.15) is 12.2 Å². The van der Waals surface area contributed by atoms with Crippen LogP contribution in [0.15, 0.2) is 42.5 Å². The Labute approximate surface area is 263 Å². The van der Waals surface area contributed by atoms with E-state index in [1.165, 1.54) is 0 Å². The number of carbonyl (C=O) groups excluding carboxylic acids is 2. The third-order valence-corrected chi connectivity index (χ3v) is 10.00. The van der Waals surface area contributed by atoms with E-state index in [1.54, 1.807) is 0 Å². The summed E-state index contributed by atoms with van der Waals surface area (Å²) in [5, 5.41) is 5.74. The average molecular weight is 627 g/mol. The third-order valence-electron chi connectivity index (χ3n) is 9.34. The molecule has 0 unspecified atom stereocenters. The van der Waals surface area contributed by atoms with Crippen LogP contribution in [0.2, 0.25) is 10.0 Å². The average Bonchev–Trinajstić information content (AvgIpc) is 3.31. The van der Waals surface area contributed by atoms with Gasteiger partial charge in [-0.25, -0.2) is 0 Å². The monoisotopic (exact) mass is 625 g/mol. The molecule has 3 aliphatic rings. The Morgan fingerprint density at radius 2 is 1.56 bits per heavy atom. The number of fused-ring (bicyclic) bond motifs is 1. The number of nitrogens with one attached hydrogen (secondary N) is 1. The number of carbonyl (C=O) groups is 2. The number of benzene rings is 2. The predicted molar refractivity (Wildman–Crippen MR) is 171 cm³/mol. The van der Waals surface area contributed by atoms with Crippen LogP contribution in [-0.2, 0) is 22.6 Å². The summed E-state index contributed by atoms with van der Waals surface area (Å²) in [5.41, 5.74) is 3.58. The first-order chi connectivity index (χ1) is 20.9. The van der Waals surface area contributed by atoms with Crippen molar-refractivity contribution in [1.29, 1.82) is 0 Å². The molecule has 1 N–H and O–H groups in total. The second kappa shape index (κ2) is 13.6. The predicted octanol–water partition coefficient (Wildman–Crippen LogP) is 5.01. The van der Waals surface area contributed by atoms with Gasteiger partial charge in [0.25, 0.3) is 5.91 Å². The van der Waals surface area contributed by atoms with Gasteiger partial charge < -0.3 is 24.4 Å². The standard InChI is InChI=1S/C33H41Cl2N5O3/c1-37-13-11-24(12-14-37)36-30(41)22-40-29-8-3-2-5-25(29)26(32(40)33(42)39-17-19-43-20-18-39)21-38-15-9-23(10-16-38)31-27(34)6-4-7-28(31)35/h2-8,23-24H,9-22H2,1H3,(H,36,41). The summed E-state index contributed by atoms with van der Waals surface area (Å²) in [6.07, 6.45) is 3.76. The molecule has 4 heterocycles. The van der Waals surface area contributed by atoms with E-state index in [9.17, 15) is 9.59 Å². The molecule has 0 bridgehead atoms. The summed E-state index contributed by atoms with van der Waals surface area (Å²) in [6, 6.07) is 14.0. The van der Waals surface area contributed by atoms with E-state index >= 15 is 0 Å². The number of rotatable bonds is 7. The Morgan fingerprint density at radius 1 is 0.884 bits per heavy atom. The summed E-state index contributed by atoms with van der Waals surface area (Å²) in [6.45, 7) is 6.58. The minimum absolute atomic E-state index is 0.0284. The van der Waals surface area contributed by atoms with E-state index in [2.05, 4.69) is 28.2 Å². The quantitative estimate of drug-likeness (QED) is 0.400. The molecule has 0 aliphatic carbocycles. The van der Waals surface area contributed by atoms with E-state index in [0.29, 0.717) is 44.5 Å². The third kappa shape index (κ3) is 6.74. The number of halogens is 2. The van der Waals surface area contributed by atoms with Gasteiger partial charge in [-0.1, -0.05) is 47.5 Å². The van der Waals surface area contributed by atoms with Gasteiger partial charge in [-0.15, -0.1) is 0 Å². The zero-order valence-corrected chi connectivity index (χ0v) is 26.4. The first-order valence-electron chi connectivity index (χ1n) is 15.5. The van der Waals surface area contributed by atoms with Gasteiger partial charge in [0.15, 0.2) is 0 Å². The van der Waals surface area contributed by atoms with Crippen LogP contribution in [-0.4, -0.2) is 96.7 Å². The van der Waals surface area contributed by atoms with E-state index < -0.39 is 0 Å². The molecule has 43 heavy (non-hydrogen) atoms. The zero-order chi connectivity index (χ0) is 29.9. The zero-order valence-electron chi connectivity index (χ0n) is 24.9. The summed E-state index contributed by atoms with van der Waals surface area (Å²) < 4.78 is 7.51. The lowest BCUT2D eigenvalue weighted by atomic mass is 9.89. The second-order valence-electron chi connectivity index (χ2n) is 12.2. The number of piperidine rings is 2. The first-order valence-corrected chi connectivity index (χ1v) is 16.3. The second-order valence-corrected chi connectivity index (χ2v) is 13.0. The number of ether oxygens (including phenoxy) is 1. The van der Waals surface area contributed by atoms with Crippen molar-refractivity contribution in [1.82, 2.24) is 24.6 Å². The van der Waals surface area contributed by atoms with Gasteiger partial charge in [-0.3, -0.25) is 14.5 Å². The molecule has 6 rings (SSSR count). The lowest BCUT2D eigenvalue weighted by molar-refractivity contribution is -0.122. The van der Waals surface area contributed by atoms with Crippen molar-refractivity contribution >= 4 is 45.9 Å². The minimum atomic E-state index is -0.0460. The topological polar surface area (TPSA) is 70.0 Å². The smallest absolute Gasteiger partial charge is 0.271 e. The number of amides is 2. The molecule has 2 aromatic carbocycles. The van der Waals surface area contributed by atoms with Crippen LogP contribution in [0.25, 0.3) is 10.9 Å². The van der Waals surface area contributed by atoms with Crippen LogP contribution in [0.3, 0.4) is 0 Å². The first kappa shape index (κ1) is 30.4. The Hall–Kier alpha value is -2.62. The molecule has 8 nitrogen and oxygen atoms in total. The van der Waals surface area contributed by atoms with Crippen LogP contribution in [0.5, 0.6) is 0 Å². The SMILES string of the molecule is CN1CCC(NC(=O)Cn2c(C(=O)N3CCOCC3)c(CN3CCC(c4c(Cl)cccc4Cl)CC3)c3ccccc32)CC1. The molecular formula is C33H41Cl2N5O3. The van der Waals surface area contributed by atoms with E-state index in [1.807, 2.05) is 45.9 Å². The largest absolute Gasteiger partial charge is 0.378 e. The fourth-order valence-electron chi connectivity index (χ4n) is 6.93. The Morgan fingerprint density at radius 3 is 2.26 bits per heavy atom. The molecule has 0 radical (unpaired) electrons. The molecule has 3 fully saturated rings. The molecular weight excluding hydrogens is 585 g/mol. The maximum absolute atomic E-state index is 14.2. The normalized spacial score (nSPS) is 19.7. The Bertz CT molecular complexity index is 1430. The van der Waals surface area contributed by atoms with Crippen molar-refractivity contribution in [3.8, 4) is 0 Å². The summed E-state index contributed by atoms with van der Waals surface area (Å²) in [5.74, 6) is 0.228. The van der Waals surface area contributed by atoms with Gasteiger partial charge >= 0.3 is 0 Å². The van der Waals surface area contributed by atoms with Gasteiger partial charge in [-0.2, -0.15) is 0 Å². The van der Waals surface area contributed by atoms with Crippen LogP contribution >= 0.6 is 23.2 Å². The Balaban J connectivity index is 1.28. The highest BCUT2D eigenvalue weighted by Gasteiger charge is 2.31. The lowest BCUT2D eigenvalue weighted by Gasteiger charge is -2.33. The van der Waals surface area contributed by atoms with Crippen LogP contribution in [0, 0.1) is 0 Å². The molecule has 3 aliphatic heterocycles. The van der Waals surface area contributed by atoms with Gasteiger partial charge in [0.2, 0.25) is 5.91 Å². The highest BCUT2D eigenvalue weighted by Crippen LogP contribution is 2.38. The summed E-state index contributed by atoms with van der Waals surface area (Å²) in [7, 11) is 2.11. The molecule has 0 atom stereocenters. The number of nitrogens with zero attached hydrogens (tertiary/aromatic N) is 4. The highest BCUT2D eigenvalue weighted by atomic mass is 35.5. The van der Waals surface area contributed by atoms with Gasteiger partial charge in [-0.05, 0) is 88.6 Å². The van der Waals surface area contributed by atoms with Crippen molar-refractivity contribution in [2.45, 2.75) is 50.7 Å². The van der Waals surface area contributed by atoms with E-state index in [-0.39, 0.29) is 24.4 Å². The molecule has 3 saturated heterocycles. The molecule has 230 valence electrons. The van der Waals surface area contributed by atoms with Crippen molar-refractivity contribution in [3.63, 3.8) is 0 Å². The molecule has 0 saturated carbocycles. The van der Waals surface area contributed by atoms with Crippen LogP contribution < -0.4 is 5.32 Å². The van der Waals surface area contributed by atoms with Crippen LogP contribution in [0.4, 0.5) is 0 Å². The van der Waals surface area contributed by atoms with E-state index in [0.717, 1.165) is 83.9 Å². The van der Waals surface area contributed by atoms with Crippen molar-refractivity contribution in [3.05, 3.63) is 69.3 Å². The highest BCUT2D eigenvalue weighted by molar-refractivity contribution is 6.36. The molecule has 2 amide bonds. The van der Waals surface area contributed by atoms with Crippen molar-refractivity contribution in [2.75, 3.05) is 59.5 Å².